The van der Waals surface area contributed by atoms with Crippen LogP contribution in [0.1, 0.15) is 38.5 Å². The highest BCUT2D eigenvalue weighted by atomic mass is 19.1. The number of nitrogens with one attached hydrogen (secondary N) is 1. The highest BCUT2D eigenvalue weighted by molar-refractivity contribution is 5.81. The van der Waals surface area contributed by atoms with Crippen molar-refractivity contribution in [3.05, 3.63) is 42.2 Å². The molecule has 0 bridgehead atoms. The maximum atomic E-state index is 13.0. The third-order valence-electron chi connectivity index (χ3n) is 5.06. The molecule has 2 fully saturated rings. The zero-order chi connectivity index (χ0) is 22.2. The molecule has 1 saturated carbocycles. The molecule has 1 aliphatic heterocycles. The van der Waals surface area contributed by atoms with Crippen LogP contribution >= 0.6 is 0 Å². The summed E-state index contributed by atoms with van der Waals surface area (Å²) in [5.74, 6) is -1.41. The van der Waals surface area contributed by atoms with Crippen LogP contribution in [0, 0.1) is 11.6 Å². The summed E-state index contributed by atoms with van der Waals surface area (Å²) in [4.78, 5) is 31.3. The molecular formula is C21H24F2N4O4. The van der Waals surface area contributed by atoms with E-state index in [2.05, 4.69) is 9.97 Å². The van der Waals surface area contributed by atoms with E-state index in [1.807, 2.05) is 10.2 Å². The van der Waals surface area contributed by atoms with Gasteiger partial charge in [0.1, 0.15) is 11.6 Å². The minimum Gasteiger partial charge on any atom is -0.465 e. The number of ether oxygens (including phenoxy) is 1. The van der Waals surface area contributed by atoms with Crippen molar-refractivity contribution in [1.29, 1.82) is 0 Å². The Labute approximate surface area is 178 Å². The normalized spacial score (nSPS) is 16.7. The Morgan fingerprint density at radius 2 is 1.77 bits per heavy atom. The lowest BCUT2D eigenvalue weighted by Crippen LogP contribution is -2.45. The number of halogens is 2. The molecule has 10 heteroatoms. The molecule has 166 valence electrons. The lowest BCUT2D eigenvalue weighted by molar-refractivity contribution is 0.0470. The highest BCUT2D eigenvalue weighted by Gasteiger charge is 2.28. The smallest absolute Gasteiger partial charge is 0.410 e. The molecule has 1 aromatic carbocycles. The number of hydrogen-bond acceptors (Lipinski definition) is 5. The van der Waals surface area contributed by atoms with Gasteiger partial charge in [-0.2, -0.15) is 0 Å². The van der Waals surface area contributed by atoms with Crippen molar-refractivity contribution >= 4 is 18.0 Å². The van der Waals surface area contributed by atoms with Crippen molar-refractivity contribution < 1.29 is 28.2 Å². The predicted octanol–water partition coefficient (Wildman–Crippen LogP) is 4.67. The third kappa shape index (κ3) is 6.59. The van der Waals surface area contributed by atoms with E-state index >= 15 is 0 Å². The van der Waals surface area contributed by atoms with E-state index in [9.17, 15) is 18.4 Å². The SMILES string of the molecule is O=C(O)Nc1cnc(-c2cc(F)cc(F)c2)cn1.O=C1OCCCN1C1CCCCC1. The number of amides is 2. The fourth-order valence-electron chi connectivity index (χ4n) is 3.65. The Morgan fingerprint density at radius 3 is 2.35 bits per heavy atom. The minimum absolute atomic E-state index is 0.0307. The molecular weight excluding hydrogens is 410 g/mol. The van der Waals surface area contributed by atoms with Gasteiger partial charge in [-0.05, 0) is 31.4 Å². The molecule has 2 aromatic rings. The predicted molar refractivity (Wildman–Crippen MR) is 109 cm³/mol. The third-order valence-corrected chi connectivity index (χ3v) is 5.06. The molecule has 1 saturated heterocycles. The van der Waals surface area contributed by atoms with E-state index in [0.717, 1.165) is 37.4 Å². The molecule has 0 spiro atoms. The number of benzene rings is 1. The van der Waals surface area contributed by atoms with Crippen molar-refractivity contribution in [2.24, 2.45) is 0 Å². The number of carbonyl (C=O) groups is 2. The quantitative estimate of drug-likeness (QED) is 0.727. The zero-order valence-electron chi connectivity index (χ0n) is 16.9. The minimum atomic E-state index is -1.27. The first-order chi connectivity index (χ1) is 14.9. The van der Waals surface area contributed by atoms with E-state index in [1.165, 1.54) is 38.3 Å². The van der Waals surface area contributed by atoms with Gasteiger partial charge in [-0.3, -0.25) is 10.3 Å². The zero-order valence-corrected chi connectivity index (χ0v) is 16.9. The summed E-state index contributed by atoms with van der Waals surface area (Å²) in [5.41, 5.74) is 0.464. The van der Waals surface area contributed by atoms with Gasteiger partial charge in [-0.1, -0.05) is 19.3 Å². The summed E-state index contributed by atoms with van der Waals surface area (Å²) in [5, 5.41) is 10.4. The second kappa shape index (κ2) is 10.6. The summed E-state index contributed by atoms with van der Waals surface area (Å²) >= 11 is 0. The number of carboxylic acid groups (broad SMARTS) is 1. The Bertz CT molecular complexity index is 885. The number of cyclic esters (lactones) is 1. The van der Waals surface area contributed by atoms with E-state index < -0.39 is 17.7 Å². The van der Waals surface area contributed by atoms with Crippen molar-refractivity contribution in [3.8, 4) is 11.3 Å². The molecule has 8 nitrogen and oxygen atoms in total. The molecule has 4 rings (SSSR count). The van der Waals surface area contributed by atoms with Gasteiger partial charge in [0, 0.05) is 24.2 Å². The van der Waals surface area contributed by atoms with Crippen LogP contribution in [-0.4, -0.2) is 51.4 Å². The average Bonchev–Trinajstić information content (AvgIpc) is 2.75. The second-order valence-electron chi connectivity index (χ2n) is 7.33. The van der Waals surface area contributed by atoms with E-state index in [1.54, 1.807) is 0 Å². The van der Waals surface area contributed by atoms with Crippen molar-refractivity contribution in [3.63, 3.8) is 0 Å². The number of rotatable bonds is 3. The molecule has 2 amide bonds. The lowest BCUT2D eigenvalue weighted by Gasteiger charge is -2.35. The first-order valence-corrected chi connectivity index (χ1v) is 10.1. The Balaban J connectivity index is 0.000000185. The molecule has 0 radical (unpaired) electrons. The van der Waals surface area contributed by atoms with Crippen LogP contribution in [0.3, 0.4) is 0 Å². The first-order valence-electron chi connectivity index (χ1n) is 10.1. The summed E-state index contributed by atoms with van der Waals surface area (Å²) < 4.78 is 31.0. The highest BCUT2D eigenvalue weighted by Crippen LogP contribution is 2.24. The molecule has 31 heavy (non-hydrogen) atoms. The number of aromatic nitrogens is 2. The van der Waals surface area contributed by atoms with Crippen LogP contribution < -0.4 is 5.32 Å². The van der Waals surface area contributed by atoms with Gasteiger partial charge in [0.25, 0.3) is 0 Å². The first kappa shape index (κ1) is 22.4. The Hall–Kier alpha value is -3.30. The van der Waals surface area contributed by atoms with E-state index in [4.69, 9.17) is 9.84 Å². The maximum absolute atomic E-state index is 13.0. The number of hydrogen-bond donors (Lipinski definition) is 2. The van der Waals surface area contributed by atoms with Crippen LogP contribution in [-0.2, 0) is 4.74 Å². The van der Waals surface area contributed by atoms with Gasteiger partial charge in [0.2, 0.25) is 0 Å². The Kier molecular flexibility index (Phi) is 7.69. The van der Waals surface area contributed by atoms with Gasteiger partial charge in [0.05, 0.1) is 24.7 Å². The van der Waals surface area contributed by atoms with Crippen molar-refractivity contribution in [2.45, 2.75) is 44.6 Å². The van der Waals surface area contributed by atoms with Crippen molar-refractivity contribution in [1.82, 2.24) is 14.9 Å². The van der Waals surface area contributed by atoms with Crippen LogP contribution in [0.5, 0.6) is 0 Å². The molecule has 0 unspecified atom stereocenters. The molecule has 1 aromatic heterocycles. The number of nitrogens with zero attached hydrogens (tertiary/aromatic N) is 3. The summed E-state index contributed by atoms with van der Waals surface area (Å²) in [6.07, 6.45) is 8.26. The molecule has 2 heterocycles. The van der Waals surface area contributed by atoms with Crippen molar-refractivity contribution in [2.75, 3.05) is 18.5 Å². The van der Waals surface area contributed by atoms with Crippen LogP contribution in [0.15, 0.2) is 30.6 Å². The van der Waals surface area contributed by atoms with Crippen LogP contribution in [0.2, 0.25) is 0 Å². The molecule has 0 atom stereocenters. The standard InChI is InChI=1S/C11H7F2N3O2.C10H17NO2/c12-7-1-6(2-8(13)3-7)9-4-15-10(5-14-9)16-11(17)18;12-10-11(7-4-8-13-10)9-5-2-1-3-6-9/h1-5H,(H,15,16)(H,17,18);9H,1-8H2. The Morgan fingerprint density at radius 1 is 1.06 bits per heavy atom. The van der Waals surface area contributed by atoms with Crippen LogP contribution in [0.25, 0.3) is 11.3 Å². The second-order valence-corrected chi connectivity index (χ2v) is 7.33. The van der Waals surface area contributed by atoms with Gasteiger partial charge in [0.15, 0.2) is 5.82 Å². The van der Waals surface area contributed by atoms with Gasteiger partial charge >= 0.3 is 12.2 Å². The van der Waals surface area contributed by atoms with Gasteiger partial charge < -0.3 is 14.7 Å². The fraction of sp³-hybridized carbons (Fsp3) is 0.429. The number of carbonyl (C=O) groups excluding carboxylic acids is 1. The average molecular weight is 434 g/mol. The summed E-state index contributed by atoms with van der Waals surface area (Å²) in [6, 6.07) is 3.44. The molecule has 1 aliphatic carbocycles. The number of anilines is 1. The van der Waals surface area contributed by atoms with Gasteiger partial charge in [-0.15, -0.1) is 0 Å². The van der Waals surface area contributed by atoms with E-state index in [-0.39, 0.29) is 23.2 Å². The van der Waals surface area contributed by atoms with Crippen LogP contribution in [0.4, 0.5) is 24.2 Å². The lowest BCUT2D eigenvalue weighted by atomic mass is 9.94. The van der Waals surface area contributed by atoms with E-state index in [0.29, 0.717) is 12.6 Å². The van der Waals surface area contributed by atoms with Gasteiger partial charge in [-0.25, -0.2) is 23.4 Å². The fourth-order valence-corrected chi connectivity index (χ4v) is 3.65. The summed E-state index contributed by atoms with van der Waals surface area (Å²) in [6.45, 7) is 1.52. The largest absolute Gasteiger partial charge is 0.465 e. The molecule has 2 aliphatic rings. The summed E-state index contributed by atoms with van der Waals surface area (Å²) in [7, 11) is 0. The monoisotopic (exact) mass is 434 g/mol. The molecule has 2 N–H and O–H groups in total. The topological polar surface area (TPSA) is 105 Å². The maximum Gasteiger partial charge on any atom is 0.410 e.